The summed E-state index contributed by atoms with van der Waals surface area (Å²) in [6, 6.07) is 5.65. The SMILES string of the molecule is NCCCCC(NC(=O)C1CCCN1C(=O)C1CSSCCC(=O)NC(Cc2ccc(O)cc2)C(=O)NC(Cc2ccccc2)C(=O)NC(CCCN)C(=O)NC(CC(N)=O)C(=O)N1)C(=O)NCC(N)=O. The lowest BCUT2D eigenvalue weighted by Crippen LogP contribution is -2.61. The Labute approximate surface area is 419 Å². The Hall–Kier alpha value is -6.44. The number of rotatable bonds is 19. The van der Waals surface area contributed by atoms with Crippen LogP contribution < -0.4 is 60.2 Å². The highest BCUT2D eigenvalue weighted by Gasteiger charge is 2.40. The first-order valence-corrected chi connectivity index (χ1v) is 25.9. The third-order valence-corrected chi connectivity index (χ3v) is 13.9. The molecular formula is C46H66N12O11S2. The van der Waals surface area contributed by atoms with Gasteiger partial charge in [0.2, 0.25) is 59.1 Å². The predicted octanol–water partition coefficient (Wildman–Crippen LogP) is -2.79. The topological polar surface area (TPSA) is 382 Å². The number of hydrogen-bond donors (Lipinski definition) is 12. The van der Waals surface area contributed by atoms with Gasteiger partial charge in [-0.25, -0.2) is 0 Å². The molecule has 0 aliphatic carbocycles. The number of aromatic hydroxyl groups is 1. The summed E-state index contributed by atoms with van der Waals surface area (Å²) < 4.78 is 0. The summed E-state index contributed by atoms with van der Waals surface area (Å²) in [6.07, 6.45) is 1.00. The molecule has 4 rings (SSSR count). The van der Waals surface area contributed by atoms with E-state index in [0.717, 1.165) is 10.8 Å². The molecule has 10 amide bonds. The molecule has 2 aromatic rings. The van der Waals surface area contributed by atoms with Crippen molar-refractivity contribution < 1.29 is 53.1 Å². The molecule has 7 atom stereocenters. The molecule has 25 heteroatoms. The molecule has 388 valence electrons. The van der Waals surface area contributed by atoms with Crippen molar-refractivity contribution in [1.29, 1.82) is 0 Å². The quantitative estimate of drug-likeness (QED) is 0.0500. The number of benzene rings is 2. The van der Waals surface area contributed by atoms with Crippen LogP contribution in [-0.2, 0) is 60.8 Å². The van der Waals surface area contributed by atoms with E-state index in [-0.39, 0.29) is 75.3 Å². The number of phenolic OH excluding ortho intramolecular Hbond substituents is 1. The van der Waals surface area contributed by atoms with Crippen LogP contribution >= 0.6 is 21.6 Å². The van der Waals surface area contributed by atoms with Crippen molar-refractivity contribution in [1.82, 2.24) is 42.1 Å². The number of hydrogen-bond acceptors (Lipinski definition) is 15. The molecule has 71 heavy (non-hydrogen) atoms. The average molecular weight is 1030 g/mol. The van der Waals surface area contributed by atoms with Crippen LogP contribution in [-0.4, -0.2) is 149 Å². The molecule has 0 saturated carbocycles. The van der Waals surface area contributed by atoms with Gasteiger partial charge in [-0.15, -0.1) is 0 Å². The first-order valence-electron chi connectivity index (χ1n) is 23.4. The van der Waals surface area contributed by atoms with Gasteiger partial charge < -0.3 is 70.2 Å². The van der Waals surface area contributed by atoms with Crippen molar-refractivity contribution in [2.24, 2.45) is 22.9 Å². The van der Waals surface area contributed by atoms with Crippen LogP contribution in [0.15, 0.2) is 54.6 Å². The normalized spacial score (nSPS) is 22.3. The van der Waals surface area contributed by atoms with Crippen molar-refractivity contribution in [3.63, 3.8) is 0 Å². The van der Waals surface area contributed by atoms with Crippen LogP contribution in [0.25, 0.3) is 0 Å². The lowest BCUT2D eigenvalue weighted by atomic mass is 10.0. The van der Waals surface area contributed by atoms with Gasteiger partial charge >= 0.3 is 0 Å². The Morgan fingerprint density at radius 2 is 1.32 bits per heavy atom. The van der Waals surface area contributed by atoms with Crippen molar-refractivity contribution in [3.8, 4) is 5.75 Å². The maximum absolute atomic E-state index is 14.5. The van der Waals surface area contributed by atoms with E-state index >= 15 is 0 Å². The second-order valence-corrected chi connectivity index (χ2v) is 19.7. The summed E-state index contributed by atoms with van der Waals surface area (Å²) in [4.78, 5) is 137. The van der Waals surface area contributed by atoms with Crippen molar-refractivity contribution in [2.75, 3.05) is 37.7 Å². The molecule has 0 aromatic heterocycles. The first kappa shape index (κ1) is 57.1. The Morgan fingerprint density at radius 1 is 0.718 bits per heavy atom. The fourth-order valence-corrected chi connectivity index (χ4v) is 9.95. The summed E-state index contributed by atoms with van der Waals surface area (Å²) in [6.45, 7) is 0.0462. The van der Waals surface area contributed by atoms with E-state index in [9.17, 15) is 53.1 Å². The van der Waals surface area contributed by atoms with Crippen molar-refractivity contribution in [2.45, 2.75) is 113 Å². The minimum absolute atomic E-state index is 0.0144. The van der Waals surface area contributed by atoms with Gasteiger partial charge in [-0.3, -0.25) is 47.9 Å². The summed E-state index contributed by atoms with van der Waals surface area (Å²) in [7, 11) is 2.28. The average Bonchev–Trinajstić information content (AvgIpc) is 3.84. The number of amides is 10. The molecule has 2 fully saturated rings. The van der Waals surface area contributed by atoms with Gasteiger partial charge in [-0.2, -0.15) is 0 Å². The Morgan fingerprint density at radius 3 is 1.97 bits per heavy atom. The molecule has 2 aliphatic rings. The molecule has 0 radical (unpaired) electrons. The third-order valence-electron chi connectivity index (χ3n) is 11.5. The number of carbonyl (C=O) groups excluding carboxylic acids is 10. The Balaban J connectivity index is 1.67. The fraction of sp³-hybridized carbons (Fsp3) is 0.522. The minimum Gasteiger partial charge on any atom is -0.508 e. The standard InChI is InChI=1S/C46H66N12O11S2/c47-18-5-4-10-30(40(63)51-25-38(50)61)54-45(68)36-12-7-20-58(36)46(69)35-26-71-70-21-17-39(62)52-32(23-28-13-15-29(59)16-14-28)42(65)55-33(22-27-8-2-1-3-9-27)43(66)53-31(11-6-19-48)41(64)56-34(24-37(49)60)44(67)57-35/h1-3,8-9,13-16,30-36,59H,4-7,10-12,17-26,47-48H2,(H2,49,60)(H2,50,61)(H,51,63)(H,52,62)(H,53,66)(H,54,68)(H,55,65)(H,56,64)(H,57,67). The maximum atomic E-state index is 14.5. The van der Waals surface area contributed by atoms with Gasteiger partial charge in [0.25, 0.3) is 0 Å². The van der Waals surface area contributed by atoms with E-state index in [0.29, 0.717) is 36.9 Å². The van der Waals surface area contributed by atoms with E-state index < -0.39 is 114 Å². The Kier molecular flexibility index (Phi) is 23.9. The molecule has 0 bridgehead atoms. The molecule has 7 unspecified atom stereocenters. The van der Waals surface area contributed by atoms with Crippen molar-refractivity contribution in [3.05, 3.63) is 65.7 Å². The zero-order valence-corrected chi connectivity index (χ0v) is 41.0. The van der Waals surface area contributed by atoms with E-state index in [1.807, 2.05) is 0 Å². The zero-order chi connectivity index (χ0) is 51.9. The van der Waals surface area contributed by atoms with Crippen LogP contribution in [0.5, 0.6) is 5.75 Å². The van der Waals surface area contributed by atoms with Gasteiger partial charge in [-0.1, -0.05) is 64.1 Å². The van der Waals surface area contributed by atoms with Gasteiger partial charge in [0.1, 0.15) is 48.0 Å². The molecule has 16 N–H and O–H groups in total. The summed E-state index contributed by atoms with van der Waals surface area (Å²) >= 11 is 0. The maximum Gasteiger partial charge on any atom is 0.246 e. The molecule has 2 aliphatic heterocycles. The van der Waals surface area contributed by atoms with E-state index in [1.165, 1.54) is 27.8 Å². The monoisotopic (exact) mass is 1030 g/mol. The molecular weight excluding hydrogens is 961 g/mol. The number of likely N-dealkylation sites (tertiary alicyclic amines) is 1. The van der Waals surface area contributed by atoms with Crippen LogP contribution in [0.3, 0.4) is 0 Å². The van der Waals surface area contributed by atoms with Gasteiger partial charge in [0.05, 0.1) is 13.0 Å². The highest BCUT2D eigenvalue weighted by Crippen LogP contribution is 2.26. The minimum atomic E-state index is -1.66. The van der Waals surface area contributed by atoms with Crippen LogP contribution in [0.1, 0.15) is 68.9 Å². The molecule has 0 spiro atoms. The van der Waals surface area contributed by atoms with Crippen molar-refractivity contribution >= 4 is 80.7 Å². The first-order chi connectivity index (χ1) is 34.0. The predicted molar refractivity (Wildman–Crippen MR) is 265 cm³/mol. The summed E-state index contributed by atoms with van der Waals surface area (Å²) in [5.74, 6) is -7.75. The van der Waals surface area contributed by atoms with Crippen LogP contribution in [0, 0.1) is 0 Å². The van der Waals surface area contributed by atoms with E-state index in [4.69, 9.17) is 22.9 Å². The molecule has 2 heterocycles. The molecule has 2 aromatic carbocycles. The second-order valence-electron chi connectivity index (χ2n) is 17.1. The van der Waals surface area contributed by atoms with E-state index in [1.54, 1.807) is 42.5 Å². The number of nitrogens with zero attached hydrogens (tertiary/aromatic N) is 1. The zero-order valence-electron chi connectivity index (χ0n) is 39.4. The fourth-order valence-electron chi connectivity index (χ4n) is 7.81. The number of phenols is 1. The van der Waals surface area contributed by atoms with Crippen LogP contribution in [0.4, 0.5) is 0 Å². The van der Waals surface area contributed by atoms with Gasteiger partial charge in [-0.05, 0) is 81.3 Å². The second kappa shape index (κ2) is 29.7. The third kappa shape index (κ3) is 19.4. The lowest BCUT2D eigenvalue weighted by Gasteiger charge is -2.31. The van der Waals surface area contributed by atoms with E-state index in [2.05, 4.69) is 37.2 Å². The number of primary amides is 2. The van der Waals surface area contributed by atoms with Crippen LogP contribution in [0.2, 0.25) is 0 Å². The summed E-state index contributed by atoms with van der Waals surface area (Å²) in [5, 5.41) is 28.3. The number of unbranched alkanes of at least 4 members (excludes halogenated alkanes) is 1. The lowest BCUT2D eigenvalue weighted by molar-refractivity contribution is -0.142. The van der Waals surface area contributed by atoms with Gasteiger partial charge in [0.15, 0.2) is 0 Å². The molecule has 23 nitrogen and oxygen atoms in total. The number of nitrogens with two attached hydrogens (primary N) is 4. The largest absolute Gasteiger partial charge is 0.508 e. The summed E-state index contributed by atoms with van der Waals surface area (Å²) in [5.41, 5.74) is 23.4. The molecule has 2 saturated heterocycles. The number of nitrogens with one attached hydrogen (secondary N) is 7. The highest BCUT2D eigenvalue weighted by molar-refractivity contribution is 8.76. The number of carbonyl (C=O) groups is 10. The smallest absolute Gasteiger partial charge is 0.246 e. The van der Waals surface area contributed by atoms with Gasteiger partial charge in [0, 0.05) is 37.3 Å². The highest BCUT2D eigenvalue weighted by atomic mass is 33.1. The Bertz CT molecular complexity index is 2170.